The number of nitrogens with zero attached hydrogens (tertiary/aromatic N) is 7. The molecule has 0 radical (unpaired) electrons. The van der Waals surface area contributed by atoms with Gasteiger partial charge in [-0.25, -0.2) is 14.6 Å². The smallest absolute Gasteiger partial charge is 0.352 e. The number of amides is 2. The lowest BCUT2D eigenvalue weighted by Crippen LogP contribution is -2.71. The molecule has 2 aromatic heterocycles. The molecule has 2 aliphatic heterocycles. The number of tetrazole rings is 1. The fourth-order valence-corrected chi connectivity index (χ4v) is 6.02. The minimum absolute atomic E-state index is 0.0213. The van der Waals surface area contributed by atoms with E-state index in [2.05, 4.69) is 35.8 Å². The molecule has 7 N–H and O–H groups in total. The Kier molecular flexibility index (Phi) is 7.26. The highest BCUT2D eigenvalue weighted by Crippen LogP contribution is 2.41. The number of thioether (sulfide) groups is 2. The maximum atomic E-state index is 12.9. The van der Waals surface area contributed by atoms with Gasteiger partial charge in [0.25, 0.3) is 11.8 Å². The van der Waals surface area contributed by atoms with Crippen LogP contribution >= 0.6 is 34.9 Å². The number of rotatable bonds is 10. The summed E-state index contributed by atoms with van der Waals surface area (Å²) in [4.78, 5) is 59.2. The van der Waals surface area contributed by atoms with Crippen molar-refractivity contribution < 1.29 is 34.2 Å². The van der Waals surface area contributed by atoms with Crippen molar-refractivity contribution in [1.29, 1.82) is 0 Å². The molecule has 4 rings (SSSR count). The van der Waals surface area contributed by atoms with E-state index in [9.17, 15) is 24.3 Å². The van der Waals surface area contributed by atoms with Crippen LogP contribution in [0.2, 0.25) is 0 Å². The molecule has 36 heavy (non-hydrogen) atoms. The Hall–Kier alpha value is -3.91. The maximum absolute atomic E-state index is 12.9. The van der Waals surface area contributed by atoms with E-state index in [-0.39, 0.29) is 38.9 Å². The highest BCUT2D eigenvalue weighted by molar-refractivity contribution is 8.01. The van der Waals surface area contributed by atoms with Crippen LogP contribution in [-0.2, 0) is 24.0 Å². The number of nitrogens with one attached hydrogen (secondary N) is 1. The number of β-lactam (4-membered cyclic amide) rings is 1. The zero-order valence-electron chi connectivity index (χ0n) is 17.8. The summed E-state index contributed by atoms with van der Waals surface area (Å²) in [6.07, 6.45) is 0. The third-order valence-electron chi connectivity index (χ3n) is 4.70. The van der Waals surface area contributed by atoms with Gasteiger partial charge in [0.2, 0.25) is 11.8 Å². The summed E-state index contributed by atoms with van der Waals surface area (Å²) in [7, 11) is 0. The minimum Gasteiger partial charge on any atom is -0.479 e. The number of carboxylic acids is 2. The Balaban J connectivity index is 1.49. The molecule has 4 heterocycles. The zero-order valence-corrected chi connectivity index (χ0v) is 20.2. The van der Waals surface area contributed by atoms with E-state index in [0.717, 1.165) is 32.8 Å². The van der Waals surface area contributed by atoms with Crippen molar-refractivity contribution in [2.24, 2.45) is 5.16 Å². The molecule has 0 bridgehead atoms. The molecule has 2 atom stereocenters. The fraction of sp³-hybridized carbons (Fsp3) is 0.312. The lowest BCUT2D eigenvalue weighted by molar-refractivity contribution is -0.150. The number of aromatic nitrogens is 5. The average molecular weight is 557 g/mol. The third kappa shape index (κ3) is 5.04. The maximum Gasteiger partial charge on any atom is 0.352 e. The molecule has 190 valence electrons. The predicted molar refractivity (Wildman–Crippen MR) is 125 cm³/mol. The largest absolute Gasteiger partial charge is 0.479 e. The van der Waals surface area contributed by atoms with Gasteiger partial charge in [-0.05, 0) is 16.0 Å². The van der Waals surface area contributed by atoms with Crippen molar-refractivity contribution in [1.82, 2.24) is 35.5 Å². The monoisotopic (exact) mass is 556 g/mol. The van der Waals surface area contributed by atoms with Crippen LogP contribution in [0.15, 0.2) is 27.0 Å². The Morgan fingerprint density at radius 1 is 1.36 bits per heavy atom. The van der Waals surface area contributed by atoms with Gasteiger partial charge in [0.05, 0.1) is 0 Å². The van der Waals surface area contributed by atoms with E-state index in [1.807, 2.05) is 0 Å². The van der Waals surface area contributed by atoms with Gasteiger partial charge in [0.1, 0.15) is 22.8 Å². The second kappa shape index (κ2) is 10.4. The van der Waals surface area contributed by atoms with E-state index < -0.39 is 41.8 Å². The Morgan fingerprint density at radius 3 is 2.75 bits per heavy atom. The number of hydrogen-bond donors (Lipinski definition) is 5. The summed E-state index contributed by atoms with van der Waals surface area (Å²) in [5.74, 6) is 1.86. The number of carbonyl (C=O) groups is 4. The van der Waals surface area contributed by atoms with Crippen molar-refractivity contribution in [3.63, 3.8) is 0 Å². The lowest BCUT2D eigenvalue weighted by Gasteiger charge is -2.49. The van der Waals surface area contributed by atoms with Gasteiger partial charge in [-0.1, -0.05) is 22.0 Å². The van der Waals surface area contributed by atoms with E-state index in [1.165, 1.54) is 17.1 Å². The minimum atomic E-state index is -1.32. The van der Waals surface area contributed by atoms with Crippen LogP contribution in [0.3, 0.4) is 0 Å². The van der Waals surface area contributed by atoms with Crippen LogP contribution < -0.4 is 16.9 Å². The van der Waals surface area contributed by atoms with Crippen LogP contribution in [0.4, 0.5) is 5.13 Å². The Bertz CT molecular complexity index is 1290. The molecular weight excluding hydrogens is 540 g/mol. The first-order chi connectivity index (χ1) is 17.2. The number of nitrogen functional groups attached to an aromatic ring is 2. The number of aliphatic carboxylic acids is 2. The Morgan fingerprint density at radius 2 is 2.14 bits per heavy atom. The van der Waals surface area contributed by atoms with Gasteiger partial charge >= 0.3 is 11.9 Å². The Labute approximate surface area is 212 Å². The summed E-state index contributed by atoms with van der Waals surface area (Å²) >= 11 is 3.38. The quantitative estimate of drug-likeness (QED) is 0.0681. The first-order valence-corrected chi connectivity index (χ1v) is 12.6. The van der Waals surface area contributed by atoms with Crippen molar-refractivity contribution in [2.45, 2.75) is 16.6 Å². The molecule has 0 unspecified atom stereocenters. The van der Waals surface area contributed by atoms with Crippen molar-refractivity contribution >= 4 is 69.5 Å². The number of hydrogen-bond acceptors (Lipinski definition) is 15. The van der Waals surface area contributed by atoms with E-state index >= 15 is 0 Å². The van der Waals surface area contributed by atoms with E-state index in [0.29, 0.717) is 5.57 Å². The van der Waals surface area contributed by atoms with E-state index in [4.69, 9.17) is 16.7 Å². The second-order valence-corrected chi connectivity index (χ2v) is 9.93. The van der Waals surface area contributed by atoms with Crippen LogP contribution in [0.1, 0.15) is 5.69 Å². The third-order valence-corrected chi connectivity index (χ3v) is 7.73. The van der Waals surface area contributed by atoms with Crippen molar-refractivity contribution in [2.75, 3.05) is 29.7 Å². The van der Waals surface area contributed by atoms with Crippen molar-refractivity contribution in [3.8, 4) is 0 Å². The number of nitrogens with two attached hydrogens (primary N) is 2. The molecular formula is C16H16N10O7S3. The molecule has 0 spiro atoms. The summed E-state index contributed by atoms with van der Waals surface area (Å²) in [5, 5.41) is 36.3. The second-order valence-electron chi connectivity index (χ2n) is 6.99. The highest BCUT2D eigenvalue weighted by atomic mass is 32.2. The molecule has 17 nitrogen and oxygen atoms in total. The summed E-state index contributed by atoms with van der Waals surface area (Å²) < 4.78 is 0. The van der Waals surface area contributed by atoms with Crippen LogP contribution in [0.5, 0.6) is 0 Å². The average Bonchev–Trinajstić information content (AvgIpc) is 3.45. The number of fused-ring (bicyclic) bond motifs is 1. The predicted octanol–water partition coefficient (Wildman–Crippen LogP) is -2.24. The highest BCUT2D eigenvalue weighted by Gasteiger charge is 2.54. The first kappa shape index (κ1) is 25.2. The fourth-order valence-electron chi connectivity index (χ4n) is 3.19. The molecule has 0 aromatic carbocycles. The van der Waals surface area contributed by atoms with Crippen LogP contribution in [-0.4, -0.2) is 99.4 Å². The number of thiazole rings is 1. The molecule has 0 aliphatic carbocycles. The standard InChI is InChI=1S/C16H16N10O7S3/c17-15-19-6(4-35-15)8(22-33-1-7(27)28)11(29)20-9-12(30)25-10(14(31)32)5(2-34-13(9)25)3-36-16-21-23-24-26(16)18/h4,9,13H,1-3,18H2,(H2,17,19)(H,20,29)(H,27,28)(H,31,32)/b22-8+/t9-,13-/m1/s1. The summed E-state index contributed by atoms with van der Waals surface area (Å²) in [6, 6.07) is -1.07. The molecule has 2 amide bonds. The summed E-state index contributed by atoms with van der Waals surface area (Å²) in [6.45, 7) is -0.810. The van der Waals surface area contributed by atoms with Crippen LogP contribution in [0, 0.1) is 0 Å². The van der Waals surface area contributed by atoms with E-state index in [1.54, 1.807) is 0 Å². The van der Waals surface area contributed by atoms with Gasteiger partial charge in [-0.15, -0.1) is 27.9 Å². The molecule has 2 aliphatic rings. The topological polar surface area (TPSA) is 254 Å². The SMILES string of the molecule is Nc1nc(/C(=N\OCC(=O)O)C(=O)N[C@@H]2C(=O)N3C(C(=O)O)=C(CSc4nnnn4N)CS[C@H]23)cs1. The first-order valence-electron chi connectivity index (χ1n) is 9.67. The summed E-state index contributed by atoms with van der Waals surface area (Å²) in [5.41, 5.74) is 5.50. The number of carboxylic acid groups (broad SMARTS) is 2. The number of oxime groups is 1. The normalized spacial score (nSPS) is 19.5. The molecule has 1 saturated heterocycles. The van der Waals surface area contributed by atoms with Crippen LogP contribution in [0.25, 0.3) is 0 Å². The molecule has 0 saturated carbocycles. The van der Waals surface area contributed by atoms with Gasteiger partial charge in [-0.2, -0.15) is 0 Å². The van der Waals surface area contributed by atoms with Gasteiger partial charge in [0, 0.05) is 16.9 Å². The lowest BCUT2D eigenvalue weighted by atomic mass is 10.0. The van der Waals surface area contributed by atoms with Gasteiger partial charge in [0.15, 0.2) is 10.8 Å². The van der Waals surface area contributed by atoms with Gasteiger partial charge in [-0.3, -0.25) is 14.5 Å². The zero-order chi connectivity index (χ0) is 26.0. The van der Waals surface area contributed by atoms with Crippen molar-refractivity contribution in [3.05, 3.63) is 22.3 Å². The van der Waals surface area contributed by atoms with Gasteiger partial charge < -0.3 is 31.9 Å². The number of anilines is 1. The number of carbonyl (C=O) groups excluding carboxylic acids is 2. The molecule has 20 heteroatoms. The molecule has 1 fully saturated rings. The molecule has 2 aromatic rings.